The van der Waals surface area contributed by atoms with Crippen molar-refractivity contribution in [3.05, 3.63) is 22.8 Å². The van der Waals surface area contributed by atoms with Crippen LogP contribution in [0.15, 0.2) is 22.8 Å². The van der Waals surface area contributed by atoms with Gasteiger partial charge in [0.2, 0.25) is 0 Å². The molecule has 0 aromatic heterocycles. The third-order valence-corrected chi connectivity index (χ3v) is 9.95. The molecule has 166 valence electrons. The van der Waals surface area contributed by atoms with Crippen LogP contribution in [0.4, 0.5) is 0 Å². The molecule has 4 rings (SSSR count). The van der Waals surface area contributed by atoms with Gasteiger partial charge in [-0.15, -0.1) is 0 Å². The monoisotopic (exact) mass is 543 g/mol. The van der Waals surface area contributed by atoms with E-state index in [-0.39, 0.29) is 15.6 Å². The van der Waals surface area contributed by atoms with Gasteiger partial charge in [0.1, 0.15) is 3.61 Å². The van der Waals surface area contributed by atoms with Crippen molar-refractivity contribution in [3.8, 4) is 6.07 Å². The molecule has 30 heavy (non-hydrogen) atoms. The number of ether oxygens (including phenoxy) is 1. The Kier molecular flexibility index (Phi) is 6.70. The molecule has 0 aromatic rings. The van der Waals surface area contributed by atoms with E-state index in [0.29, 0.717) is 23.7 Å². The van der Waals surface area contributed by atoms with E-state index in [1.807, 2.05) is 0 Å². The number of halogens is 1. The van der Waals surface area contributed by atoms with E-state index < -0.39 is 5.60 Å². The van der Waals surface area contributed by atoms with Gasteiger partial charge in [-0.05, 0) is 103 Å². The fourth-order valence-electron chi connectivity index (χ4n) is 6.41. The van der Waals surface area contributed by atoms with Gasteiger partial charge in [0.05, 0.1) is 19.3 Å². The predicted molar refractivity (Wildman–Crippen MR) is 129 cm³/mol. The van der Waals surface area contributed by atoms with Crippen LogP contribution < -0.4 is 0 Å². The lowest BCUT2D eigenvalue weighted by molar-refractivity contribution is -0.00504. The summed E-state index contributed by atoms with van der Waals surface area (Å²) >= 11 is 3.93. The zero-order valence-corrected chi connectivity index (χ0v) is 21.4. The summed E-state index contributed by atoms with van der Waals surface area (Å²) < 4.78 is 12.1. The van der Waals surface area contributed by atoms with Crippen molar-refractivity contribution in [3.63, 3.8) is 0 Å². The van der Waals surface area contributed by atoms with Gasteiger partial charge in [-0.2, -0.15) is 5.26 Å². The maximum absolute atomic E-state index is 10.2. The molecule has 0 radical (unpaired) electrons. The van der Waals surface area contributed by atoms with Crippen molar-refractivity contribution in [1.29, 1.82) is 5.26 Å². The number of rotatable bonds is 6. The SMILES string of the molecule is CC(C)SO[C@]1(C#N)CCC2C3CCC4=C(CC[C@](I)(OCCO)C4)C3=CC[C@@]21C. The number of aliphatic hydroxyl groups excluding tert-OH is 1. The van der Waals surface area contributed by atoms with Gasteiger partial charge in [0.25, 0.3) is 0 Å². The van der Waals surface area contributed by atoms with Crippen LogP contribution in [0.1, 0.15) is 72.1 Å². The molecule has 0 saturated heterocycles. The Bertz CT molecular complexity index is 790. The zero-order chi connectivity index (χ0) is 21.6. The van der Waals surface area contributed by atoms with Crippen LogP contribution in [0, 0.1) is 28.6 Å². The summed E-state index contributed by atoms with van der Waals surface area (Å²) in [5.41, 5.74) is 3.94. The van der Waals surface area contributed by atoms with Crippen molar-refractivity contribution in [2.75, 3.05) is 13.2 Å². The topological polar surface area (TPSA) is 62.5 Å². The second-order valence-corrected chi connectivity index (χ2v) is 13.2. The highest BCUT2D eigenvalue weighted by molar-refractivity contribution is 14.1. The Hall–Kier alpha value is -0.0700. The molecular formula is C24H34INO3S. The van der Waals surface area contributed by atoms with E-state index >= 15 is 0 Å². The largest absolute Gasteiger partial charge is 0.394 e. The van der Waals surface area contributed by atoms with Gasteiger partial charge < -0.3 is 9.84 Å². The molecule has 0 spiro atoms. The minimum atomic E-state index is -0.675. The fourth-order valence-corrected chi connectivity index (χ4v) is 8.02. The summed E-state index contributed by atoms with van der Waals surface area (Å²) in [5.74, 6) is 1.08. The number of nitrogens with zero attached hydrogens (tertiary/aromatic N) is 1. The molecule has 4 aliphatic rings. The molecule has 6 heteroatoms. The van der Waals surface area contributed by atoms with Gasteiger partial charge in [0.15, 0.2) is 5.60 Å². The molecule has 2 unspecified atom stereocenters. The van der Waals surface area contributed by atoms with Crippen LogP contribution in [-0.4, -0.2) is 32.8 Å². The lowest BCUT2D eigenvalue weighted by Crippen LogP contribution is -2.49. The van der Waals surface area contributed by atoms with Gasteiger partial charge in [-0.1, -0.05) is 32.4 Å². The molecule has 1 saturated carbocycles. The van der Waals surface area contributed by atoms with E-state index in [0.717, 1.165) is 44.9 Å². The van der Waals surface area contributed by atoms with E-state index in [1.165, 1.54) is 18.5 Å². The second kappa shape index (κ2) is 8.70. The lowest BCUT2D eigenvalue weighted by Gasteiger charge is -2.50. The van der Waals surface area contributed by atoms with Crippen molar-refractivity contribution in [1.82, 2.24) is 0 Å². The van der Waals surface area contributed by atoms with E-state index in [1.54, 1.807) is 16.7 Å². The average Bonchev–Trinajstić information content (AvgIpc) is 3.03. The molecule has 4 nitrogen and oxygen atoms in total. The average molecular weight is 544 g/mol. The summed E-state index contributed by atoms with van der Waals surface area (Å²) in [7, 11) is 0. The number of nitriles is 1. The minimum absolute atomic E-state index is 0.0853. The Morgan fingerprint density at radius 1 is 1.33 bits per heavy atom. The Morgan fingerprint density at radius 3 is 2.83 bits per heavy atom. The zero-order valence-electron chi connectivity index (χ0n) is 18.4. The summed E-state index contributed by atoms with van der Waals surface area (Å²) in [4.78, 5) is 0. The number of fused-ring (bicyclic) bond motifs is 4. The van der Waals surface area contributed by atoms with Crippen LogP contribution in [0.25, 0.3) is 0 Å². The Morgan fingerprint density at radius 2 is 2.13 bits per heavy atom. The lowest BCUT2D eigenvalue weighted by atomic mass is 9.56. The third kappa shape index (κ3) is 3.81. The van der Waals surface area contributed by atoms with Gasteiger partial charge in [-0.3, -0.25) is 4.18 Å². The molecule has 0 amide bonds. The maximum Gasteiger partial charge on any atom is 0.174 e. The Balaban J connectivity index is 1.59. The first-order valence-electron chi connectivity index (χ1n) is 11.4. The molecule has 0 aliphatic heterocycles. The maximum atomic E-state index is 10.2. The molecule has 1 fully saturated rings. The van der Waals surface area contributed by atoms with E-state index in [4.69, 9.17) is 14.0 Å². The molecule has 0 bridgehead atoms. The van der Waals surface area contributed by atoms with Crippen LogP contribution in [0.3, 0.4) is 0 Å². The molecule has 1 N–H and O–H groups in total. The van der Waals surface area contributed by atoms with Crippen LogP contribution in [0.5, 0.6) is 0 Å². The van der Waals surface area contributed by atoms with Gasteiger partial charge in [-0.25, -0.2) is 0 Å². The van der Waals surface area contributed by atoms with E-state index in [9.17, 15) is 5.26 Å². The van der Waals surface area contributed by atoms with Crippen LogP contribution in [-0.2, 0) is 8.92 Å². The molecule has 0 aromatic carbocycles. The molecule has 0 heterocycles. The summed E-state index contributed by atoms with van der Waals surface area (Å²) in [5, 5.41) is 19.7. The standard InChI is InChI=1S/C24H34INO3S/c1-16(2)30-29-23(15-26)10-8-21-20-5-4-17-14-24(25,28-13-12-27)11-7-18(17)19(20)6-9-22(21,23)3/h6,16,20-21,27H,4-5,7-14H2,1-3H3/t20?,21?,22-,23-,24-/m0/s1. The molecule has 4 aliphatic carbocycles. The molecular weight excluding hydrogens is 509 g/mol. The van der Waals surface area contributed by atoms with E-state index in [2.05, 4.69) is 55.5 Å². The minimum Gasteiger partial charge on any atom is -0.394 e. The number of hydrogen-bond acceptors (Lipinski definition) is 5. The number of hydrogen-bond donors (Lipinski definition) is 1. The first kappa shape index (κ1) is 23.1. The van der Waals surface area contributed by atoms with Crippen molar-refractivity contribution in [2.45, 2.75) is 86.6 Å². The normalized spacial score (nSPS) is 40.5. The van der Waals surface area contributed by atoms with Crippen LogP contribution in [0.2, 0.25) is 0 Å². The summed E-state index contributed by atoms with van der Waals surface area (Å²) in [6, 6.07) is 2.63. The highest BCUT2D eigenvalue weighted by Crippen LogP contribution is 2.64. The predicted octanol–water partition coefficient (Wildman–Crippen LogP) is 6.10. The highest BCUT2D eigenvalue weighted by Gasteiger charge is 2.62. The molecule has 5 atom stereocenters. The van der Waals surface area contributed by atoms with Crippen molar-refractivity contribution in [2.24, 2.45) is 17.3 Å². The smallest absolute Gasteiger partial charge is 0.174 e. The first-order valence-corrected chi connectivity index (χ1v) is 13.3. The number of allylic oxidation sites excluding steroid dienone is 3. The van der Waals surface area contributed by atoms with Crippen molar-refractivity contribution < 1.29 is 14.0 Å². The third-order valence-electron chi connectivity index (χ3n) is 7.95. The highest BCUT2D eigenvalue weighted by atomic mass is 127. The second-order valence-electron chi connectivity index (χ2n) is 9.95. The number of aliphatic hydroxyl groups is 1. The summed E-state index contributed by atoms with van der Waals surface area (Å²) in [6.45, 7) is 7.06. The first-order chi connectivity index (χ1) is 14.3. The van der Waals surface area contributed by atoms with Gasteiger partial charge in [0, 0.05) is 17.1 Å². The number of alkyl halides is 1. The van der Waals surface area contributed by atoms with Crippen LogP contribution >= 0.6 is 34.6 Å². The van der Waals surface area contributed by atoms with Crippen molar-refractivity contribution >= 4 is 34.6 Å². The quantitative estimate of drug-likeness (QED) is 0.249. The summed E-state index contributed by atoms with van der Waals surface area (Å²) in [6.07, 6.45) is 10.7. The Labute approximate surface area is 199 Å². The fraction of sp³-hybridized carbons (Fsp3) is 0.792. The van der Waals surface area contributed by atoms with Gasteiger partial charge >= 0.3 is 0 Å².